The number of imidazole rings is 1. The first kappa shape index (κ1) is 13.5. The topological polar surface area (TPSA) is 43.8 Å². The van der Waals surface area contributed by atoms with Gasteiger partial charge in [0, 0.05) is 24.1 Å². The number of halogens is 2. The SMILES string of the molecule is CCc1nc(-c2cc(F)cc(F)c2)c(N)n1C(C)C. The van der Waals surface area contributed by atoms with E-state index in [0.717, 1.165) is 11.9 Å². The van der Waals surface area contributed by atoms with Crippen LogP contribution in [0.3, 0.4) is 0 Å². The van der Waals surface area contributed by atoms with Crippen LogP contribution >= 0.6 is 0 Å². The number of nitrogen functional groups attached to an aromatic ring is 1. The Kier molecular flexibility index (Phi) is 3.55. The Bertz CT molecular complexity index is 583. The minimum absolute atomic E-state index is 0.148. The number of nitrogens with two attached hydrogens (primary N) is 1. The van der Waals surface area contributed by atoms with Gasteiger partial charge in [-0.25, -0.2) is 13.8 Å². The molecule has 102 valence electrons. The lowest BCUT2D eigenvalue weighted by Crippen LogP contribution is -2.08. The summed E-state index contributed by atoms with van der Waals surface area (Å²) < 4.78 is 28.4. The summed E-state index contributed by atoms with van der Waals surface area (Å²) in [5, 5.41) is 0. The Morgan fingerprint density at radius 1 is 1.21 bits per heavy atom. The Labute approximate surface area is 111 Å². The third-order valence-corrected chi connectivity index (χ3v) is 2.99. The number of rotatable bonds is 3. The zero-order chi connectivity index (χ0) is 14.2. The van der Waals surface area contributed by atoms with E-state index in [0.29, 0.717) is 23.5 Å². The monoisotopic (exact) mass is 265 g/mol. The molecule has 0 bridgehead atoms. The fourth-order valence-corrected chi connectivity index (χ4v) is 2.22. The Morgan fingerprint density at radius 3 is 2.21 bits per heavy atom. The van der Waals surface area contributed by atoms with Crippen molar-refractivity contribution in [3.63, 3.8) is 0 Å². The molecule has 0 saturated heterocycles. The summed E-state index contributed by atoms with van der Waals surface area (Å²) in [7, 11) is 0. The number of aryl methyl sites for hydroxylation is 1. The van der Waals surface area contributed by atoms with Crippen molar-refractivity contribution in [3.8, 4) is 11.3 Å². The highest BCUT2D eigenvalue weighted by molar-refractivity contribution is 5.71. The van der Waals surface area contributed by atoms with Crippen LogP contribution in [-0.2, 0) is 6.42 Å². The quantitative estimate of drug-likeness (QED) is 0.922. The van der Waals surface area contributed by atoms with Crippen LogP contribution in [0.2, 0.25) is 0 Å². The van der Waals surface area contributed by atoms with E-state index < -0.39 is 11.6 Å². The molecule has 0 atom stereocenters. The van der Waals surface area contributed by atoms with Crippen molar-refractivity contribution in [1.82, 2.24) is 9.55 Å². The summed E-state index contributed by atoms with van der Waals surface area (Å²) in [5.41, 5.74) is 6.87. The highest BCUT2D eigenvalue weighted by Crippen LogP contribution is 2.30. The van der Waals surface area contributed by atoms with Crippen LogP contribution in [0.1, 0.15) is 32.6 Å². The zero-order valence-corrected chi connectivity index (χ0v) is 11.2. The molecule has 0 aliphatic heterocycles. The van der Waals surface area contributed by atoms with Gasteiger partial charge in [0.2, 0.25) is 0 Å². The molecular weight excluding hydrogens is 248 g/mol. The summed E-state index contributed by atoms with van der Waals surface area (Å²) in [4.78, 5) is 4.41. The van der Waals surface area contributed by atoms with Gasteiger partial charge in [0.05, 0.1) is 0 Å². The van der Waals surface area contributed by atoms with Crippen LogP contribution in [0.25, 0.3) is 11.3 Å². The van der Waals surface area contributed by atoms with Crippen LogP contribution in [0.15, 0.2) is 18.2 Å². The molecular formula is C14H17F2N3. The Balaban J connectivity index is 2.62. The van der Waals surface area contributed by atoms with Crippen molar-refractivity contribution in [2.24, 2.45) is 0 Å². The molecule has 0 amide bonds. The number of anilines is 1. The largest absolute Gasteiger partial charge is 0.383 e. The second kappa shape index (κ2) is 4.99. The molecule has 0 spiro atoms. The second-order valence-corrected chi connectivity index (χ2v) is 4.74. The van der Waals surface area contributed by atoms with Gasteiger partial charge in [-0.3, -0.25) is 0 Å². The molecule has 0 unspecified atom stereocenters. The first-order valence-corrected chi connectivity index (χ1v) is 6.27. The van der Waals surface area contributed by atoms with Crippen molar-refractivity contribution in [1.29, 1.82) is 0 Å². The van der Waals surface area contributed by atoms with Gasteiger partial charge in [-0.15, -0.1) is 0 Å². The first-order valence-electron chi connectivity index (χ1n) is 6.27. The van der Waals surface area contributed by atoms with Gasteiger partial charge >= 0.3 is 0 Å². The van der Waals surface area contributed by atoms with Crippen LogP contribution < -0.4 is 5.73 Å². The molecule has 2 N–H and O–H groups in total. The summed E-state index contributed by atoms with van der Waals surface area (Å²) in [6.07, 6.45) is 0.709. The minimum Gasteiger partial charge on any atom is -0.383 e. The predicted octanol–water partition coefficient (Wildman–Crippen LogP) is 3.55. The van der Waals surface area contributed by atoms with Gasteiger partial charge in [0.25, 0.3) is 0 Å². The van der Waals surface area contributed by atoms with E-state index in [9.17, 15) is 8.78 Å². The first-order chi connectivity index (χ1) is 8.93. The van der Waals surface area contributed by atoms with Crippen LogP contribution in [0.5, 0.6) is 0 Å². The molecule has 1 aromatic carbocycles. The standard InChI is InChI=1S/C14H17F2N3/c1-4-12-18-13(14(17)19(12)8(2)3)9-5-10(15)7-11(16)6-9/h5-8H,4,17H2,1-3H3. The Morgan fingerprint density at radius 2 is 1.79 bits per heavy atom. The van der Waals surface area contributed by atoms with Gasteiger partial charge in [-0.05, 0) is 26.0 Å². The van der Waals surface area contributed by atoms with Gasteiger partial charge in [0.1, 0.15) is 29.0 Å². The zero-order valence-electron chi connectivity index (χ0n) is 11.2. The smallest absolute Gasteiger partial charge is 0.131 e. The van der Waals surface area contributed by atoms with Crippen LogP contribution in [-0.4, -0.2) is 9.55 Å². The van der Waals surface area contributed by atoms with E-state index in [1.54, 1.807) is 0 Å². The van der Waals surface area contributed by atoms with Crippen LogP contribution in [0.4, 0.5) is 14.6 Å². The molecule has 0 radical (unpaired) electrons. The molecule has 2 aromatic rings. The minimum atomic E-state index is -0.633. The van der Waals surface area contributed by atoms with E-state index in [2.05, 4.69) is 4.98 Å². The molecule has 0 aliphatic rings. The maximum atomic E-state index is 13.3. The van der Waals surface area contributed by atoms with Gasteiger partial charge < -0.3 is 10.3 Å². The van der Waals surface area contributed by atoms with E-state index in [1.165, 1.54) is 12.1 Å². The van der Waals surface area contributed by atoms with E-state index in [1.807, 2.05) is 25.3 Å². The van der Waals surface area contributed by atoms with E-state index in [-0.39, 0.29) is 6.04 Å². The number of benzene rings is 1. The molecule has 1 heterocycles. The number of hydrogen-bond donors (Lipinski definition) is 1. The highest BCUT2D eigenvalue weighted by Gasteiger charge is 2.18. The predicted molar refractivity (Wildman–Crippen MR) is 71.8 cm³/mol. The van der Waals surface area contributed by atoms with Gasteiger partial charge in [0.15, 0.2) is 0 Å². The number of hydrogen-bond acceptors (Lipinski definition) is 2. The second-order valence-electron chi connectivity index (χ2n) is 4.74. The summed E-state index contributed by atoms with van der Waals surface area (Å²) in [6.45, 7) is 5.96. The number of nitrogens with zero attached hydrogens (tertiary/aromatic N) is 2. The molecule has 3 nitrogen and oxygen atoms in total. The van der Waals surface area contributed by atoms with Crippen molar-refractivity contribution in [2.45, 2.75) is 33.2 Å². The summed E-state index contributed by atoms with van der Waals surface area (Å²) >= 11 is 0. The fourth-order valence-electron chi connectivity index (χ4n) is 2.22. The van der Waals surface area contributed by atoms with Crippen molar-refractivity contribution in [2.75, 3.05) is 5.73 Å². The fraction of sp³-hybridized carbons (Fsp3) is 0.357. The molecule has 0 fully saturated rings. The molecule has 5 heteroatoms. The van der Waals surface area contributed by atoms with Crippen molar-refractivity contribution >= 4 is 5.82 Å². The lowest BCUT2D eigenvalue weighted by molar-refractivity contribution is 0.579. The lowest BCUT2D eigenvalue weighted by atomic mass is 10.1. The summed E-state index contributed by atoms with van der Waals surface area (Å²) in [5.74, 6) is -0.0119. The lowest BCUT2D eigenvalue weighted by Gasteiger charge is -2.12. The van der Waals surface area contributed by atoms with Gasteiger partial charge in [-0.2, -0.15) is 0 Å². The maximum absolute atomic E-state index is 13.3. The average molecular weight is 265 g/mol. The molecule has 19 heavy (non-hydrogen) atoms. The highest BCUT2D eigenvalue weighted by atomic mass is 19.1. The average Bonchev–Trinajstić information content (AvgIpc) is 2.64. The maximum Gasteiger partial charge on any atom is 0.131 e. The Hall–Kier alpha value is -1.91. The number of aromatic nitrogens is 2. The van der Waals surface area contributed by atoms with Gasteiger partial charge in [-0.1, -0.05) is 6.92 Å². The molecule has 1 aromatic heterocycles. The third kappa shape index (κ3) is 2.45. The molecule has 0 aliphatic carbocycles. The van der Waals surface area contributed by atoms with E-state index >= 15 is 0 Å². The van der Waals surface area contributed by atoms with Crippen molar-refractivity contribution < 1.29 is 8.78 Å². The van der Waals surface area contributed by atoms with Crippen LogP contribution in [0, 0.1) is 11.6 Å². The van der Waals surface area contributed by atoms with E-state index in [4.69, 9.17) is 5.73 Å². The molecule has 2 rings (SSSR count). The van der Waals surface area contributed by atoms with Crippen molar-refractivity contribution in [3.05, 3.63) is 35.7 Å². The normalized spacial score (nSPS) is 11.3. The third-order valence-electron chi connectivity index (χ3n) is 2.99. The summed E-state index contributed by atoms with van der Waals surface area (Å²) in [6, 6.07) is 3.46. The molecule has 0 saturated carbocycles.